The number of aryl methyl sites for hydroxylation is 2. The van der Waals surface area contributed by atoms with Crippen molar-refractivity contribution in [1.29, 1.82) is 0 Å². The quantitative estimate of drug-likeness (QED) is 0.373. The third-order valence-corrected chi connectivity index (χ3v) is 7.21. The van der Waals surface area contributed by atoms with Crippen LogP contribution < -0.4 is 21.0 Å². The molecule has 7 nitrogen and oxygen atoms in total. The number of para-hydroxylation sites is 1. The van der Waals surface area contributed by atoms with E-state index >= 15 is 0 Å². The number of hydrogen-bond acceptors (Lipinski definition) is 7. The summed E-state index contributed by atoms with van der Waals surface area (Å²) in [5.41, 5.74) is 4.48. The lowest BCUT2D eigenvalue weighted by Crippen LogP contribution is -2.32. The molecule has 2 aromatic carbocycles. The van der Waals surface area contributed by atoms with E-state index in [1.165, 1.54) is 0 Å². The number of hydrogen-bond donors (Lipinski definition) is 2. The predicted octanol–water partition coefficient (Wildman–Crippen LogP) is 5.18. The zero-order valence-electron chi connectivity index (χ0n) is 21.6. The van der Waals surface area contributed by atoms with Crippen LogP contribution in [0, 0.1) is 19.8 Å². The smallest absolute Gasteiger partial charge is 0.225 e. The molecular formula is C29H35N5O2. The Bertz CT molecular complexity index is 1440. The lowest BCUT2D eigenvalue weighted by atomic mass is 9.86. The highest BCUT2D eigenvalue weighted by Crippen LogP contribution is 2.28. The van der Waals surface area contributed by atoms with Crippen LogP contribution in [0.3, 0.4) is 0 Å². The molecule has 0 radical (unpaired) electrons. The number of nitrogens with zero attached hydrogens (tertiary/aromatic N) is 3. The third-order valence-electron chi connectivity index (χ3n) is 7.21. The van der Waals surface area contributed by atoms with E-state index in [-0.39, 0.29) is 5.43 Å². The van der Waals surface area contributed by atoms with Crippen LogP contribution in [0.5, 0.6) is 0 Å². The minimum Gasteiger partial charge on any atom is -0.463 e. The molecule has 1 aliphatic carbocycles. The maximum absolute atomic E-state index is 13.0. The molecule has 7 heteroatoms. The lowest BCUT2D eigenvalue weighted by Gasteiger charge is -2.29. The van der Waals surface area contributed by atoms with Crippen LogP contribution in [0.2, 0.25) is 0 Å². The van der Waals surface area contributed by atoms with E-state index in [1.807, 2.05) is 63.2 Å². The van der Waals surface area contributed by atoms with Crippen molar-refractivity contribution in [1.82, 2.24) is 15.3 Å². The highest BCUT2D eigenvalue weighted by atomic mass is 16.3. The molecule has 5 rings (SSSR count). The fourth-order valence-corrected chi connectivity index (χ4v) is 5.33. The van der Waals surface area contributed by atoms with Gasteiger partial charge in [0.2, 0.25) is 5.95 Å². The molecular weight excluding hydrogens is 450 g/mol. The molecule has 188 valence electrons. The number of fused-ring (bicyclic) bond motifs is 2. The summed E-state index contributed by atoms with van der Waals surface area (Å²) in [5, 5.41) is 8.82. The Labute approximate surface area is 211 Å². The van der Waals surface area contributed by atoms with Gasteiger partial charge in [-0.25, -0.2) is 4.98 Å². The highest BCUT2D eigenvalue weighted by Gasteiger charge is 2.22. The molecule has 0 amide bonds. The first kappa shape index (κ1) is 24.3. The average molecular weight is 486 g/mol. The molecule has 0 bridgehead atoms. The number of nitrogens with one attached hydrogen (secondary N) is 2. The van der Waals surface area contributed by atoms with Gasteiger partial charge in [-0.15, -0.1) is 0 Å². The Balaban J connectivity index is 1.16. The first-order valence-corrected chi connectivity index (χ1v) is 12.8. The van der Waals surface area contributed by atoms with E-state index in [1.54, 1.807) is 6.26 Å². The van der Waals surface area contributed by atoms with E-state index in [9.17, 15) is 4.79 Å². The average Bonchev–Trinajstić information content (AvgIpc) is 2.86. The van der Waals surface area contributed by atoms with Crippen molar-refractivity contribution in [3.63, 3.8) is 0 Å². The molecule has 0 atom stereocenters. The van der Waals surface area contributed by atoms with Gasteiger partial charge < -0.3 is 20.0 Å². The summed E-state index contributed by atoms with van der Waals surface area (Å²) in [4.78, 5) is 24.5. The Hall–Kier alpha value is -3.45. The van der Waals surface area contributed by atoms with Gasteiger partial charge in [0.05, 0.1) is 17.2 Å². The SMILES string of the molecule is Cc1cc(C)c2occ(CNC[C@H]3CC[C@@H](Nc4nc(N(C)C)c5ccccc5n4)CC3)c(=O)c2c1. The van der Waals surface area contributed by atoms with Gasteiger partial charge in [-0.3, -0.25) is 4.79 Å². The molecule has 0 spiro atoms. The highest BCUT2D eigenvalue weighted by molar-refractivity contribution is 5.90. The summed E-state index contributed by atoms with van der Waals surface area (Å²) < 4.78 is 5.81. The fraction of sp³-hybridized carbons (Fsp3) is 0.414. The van der Waals surface area contributed by atoms with Gasteiger partial charge in [0, 0.05) is 37.6 Å². The van der Waals surface area contributed by atoms with Gasteiger partial charge in [-0.1, -0.05) is 18.2 Å². The topological polar surface area (TPSA) is 83.3 Å². The normalized spacial score (nSPS) is 18.0. The summed E-state index contributed by atoms with van der Waals surface area (Å²) >= 11 is 0. The van der Waals surface area contributed by atoms with Crippen molar-refractivity contribution in [3.8, 4) is 0 Å². The molecule has 1 fully saturated rings. The van der Waals surface area contributed by atoms with E-state index in [0.717, 1.165) is 60.1 Å². The summed E-state index contributed by atoms with van der Waals surface area (Å²) in [5.74, 6) is 2.23. The molecule has 2 N–H and O–H groups in total. The third kappa shape index (κ3) is 5.07. The van der Waals surface area contributed by atoms with Gasteiger partial charge in [0.15, 0.2) is 5.43 Å². The molecule has 0 unspecified atom stereocenters. The molecule has 0 saturated heterocycles. The summed E-state index contributed by atoms with van der Waals surface area (Å²) in [6.45, 7) is 5.42. The number of benzene rings is 2. The predicted molar refractivity (Wildman–Crippen MR) is 147 cm³/mol. The molecule has 2 heterocycles. The molecule has 4 aromatic rings. The van der Waals surface area contributed by atoms with E-state index in [2.05, 4.69) is 16.7 Å². The van der Waals surface area contributed by atoms with Gasteiger partial charge in [-0.2, -0.15) is 4.98 Å². The van der Waals surface area contributed by atoms with Crippen LogP contribution in [0.15, 0.2) is 51.9 Å². The Morgan fingerprint density at radius 3 is 2.58 bits per heavy atom. The maximum Gasteiger partial charge on any atom is 0.225 e. The minimum atomic E-state index is 0.0657. The van der Waals surface area contributed by atoms with Crippen LogP contribution in [-0.2, 0) is 6.54 Å². The van der Waals surface area contributed by atoms with Crippen LogP contribution >= 0.6 is 0 Å². The second kappa shape index (κ2) is 10.3. The molecule has 1 saturated carbocycles. The first-order chi connectivity index (χ1) is 17.4. The van der Waals surface area contributed by atoms with Gasteiger partial charge >= 0.3 is 0 Å². The zero-order valence-corrected chi connectivity index (χ0v) is 21.6. The van der Waals surface area contributed by atoms with E-state index in [0.29, 0.717) is 41.0 Å². The fourth-order valence-electron chi connectivity index (χ4n) is 5.33. The zero-order chi connectivity index (χ0) is 25.2. The van der Waals surface area contributed by atoms with Crippen molar-refractivity contribution >= 4 is 33.6 Å². The van der Waals surface area contributed by atoms with Crippen LogP contribution in [0.1, 0.15) is 42.4 Å². The van der Waals surface area contributed by atoms with Crippen molar-refractivity contribution in [2.24, 2.45) is 5.92 Å². The monoisotopic (exact) mass is 485 g/mol. The summed E-state index contributed by atoms with van der Waals surface area (Å²) in [6.07, 6.45) is 6.03. The molecule has 1 aliphatic rings. The van der Waals surface area contributed by atoms with Crippen molar-refractivity contribution in [2.45, 2.75) is 52.1 Å². The molecule has 36 heavy (non-hydrogen) atoms. The number of rotatable bonds is 7. The van der Waals surface area contributed by atoms with Crippen molar-refractivity contribution in [2.75, 3.05) is 30.9 Å². The van der Waals surface area contributed by atoms with Gasteiger partial charge in [-0.05, 0) is 81.3 Å². The summed E-state index contributed by atoms with van der Waals surface area (Å²) in [6, 6.07) is 12.5. The largest absolute Gasteiger partial charge is 0.463 e. The minimum absolute atomic E-state index is 0.0657. The summed E-state index contributed by atoms with van der Waals surface area (Å²) in [7, 11) is 4.03. The first-order valence-electron chi connectivity index (χ1n) is 12.8. The second-order valence-corrected chi connectivity index (χ2v) is 10.3. The van der Waals surface area contributed by atoms with E-state index in [4.69, 9.17) is 14.4 Å². The Morgan fingerprint density at radius 1 is 1.03 bits per heavy atom. The standard InChI is InChI=1S/C29H35N5O2/c1-18-13-19(2)27-24(14-18)26(35)21(17-36-27)16-30-15-20-9-11-22(12-10-20)31-29-32-25-8-6-5-7-23(25)28(33-29)34(3)4/h5-8,13-14,17,20,22,30H,9-12,15-16H2,1-4H3,(H,31,32,33)/t20-,22+. The molecule has 0 aliphatic heterocycles. The van der Waals surface area contributed by atoms with Crippen LogP contribution in [0.25, 0.3) is 21.9 Å². The van der Waals surface area contributed by atoms with Crippen LogP contribution in [0.4, 0.5) is 11.8 Å². The van der Waals surface area contributed by atoms with Crippen LogP contribution in [-0.4, -0.2) is 36.6 Å². The second-order valence-electron chi connectivity index (χ2n) is 10.3. The molecule has 2 aromatic heterocycles. The van der Waals surface area contributed by atoms with E-state index < -0.39 is 0 Å². The number of aromatic nitrogens is 2. The van der Waals surface area contributed by atoms with Gasteiger partial charge in [0.1, 0.15) is 11.4 Å². The maximum atomic E-state index is 13.0. The van der Waals surface area contributed by atoms with Crippen molar-refractivity contribution in [3.05, 3.63) is 69.6 Å². The van der Waals surface area contributed by atoms with Crippen molar-refractivity contribution < 1.29 is 4.42 Å². The Morgan fingerprint density at radius 2 is 1.81 bits per heavy atom. The number of anilines is 2. The van der Waals surface area contributed by atoms with Gasteiger partial charge in [0.25, 0.3) is 0 Å². The Kier molecular flexibility index (Phi) is 6.92. The lowest BCUT2D eigenvalue weighted by molar-refractivity contribution is 0.323.